The van der Waals surface area contributed by atoms with E-state index in [-0.39, 0.29) is 12.8 Å². The molecule has 0 fully saturated rings. The number of halogens is 5. The van der Waals surface area contributed by atoms with Crippen LogP contribution in [0.1, 0.15) is 23.7 Å². The van der Waals surface area contributed by atoms with Crippen molar-refractivity contribution in [3.63, 3.8) is 0 Å². The van der Waals surface area contributed by atoms with E-state index in [4.69, 9.17) is 0 Å². The van der Waals surface area contributed by atoms with Gasteiger partial charge in [0.1, 0.15) is 0 Å². The van der Waals surface area contributed by atoms with Gasteiger partial charge in [-0.15, -0.1) is 0 Å². The predicted molar refractivity (Wildman–Crippen MR) is 66.0 cm³/mol. The molecular weight excluding hydrogens is 291 g/mol. The van der Waals surface area contributed by atoms with E-state index in [9.17, 15) is 27.1 Å². The Morgan fingerprint density at radius 3 is 1.76 bits per heavy atom. The number of aliphatic hydroxyl groups excluding tert-OH is 1. The molecule has 0 aromatic heterocycles. The van der Waals surface area contributed by atoms with E-state index in [0.717, 1.165) is 5.56 Å². The monoisotopic (exact) mass is 302 g/mol. The summed E-state index contributed by atoms with van der Waals surface area (Å²) < 4.78 is 66.0. The van der Waals surface area contributed by atoms with Crippen molar-refractivity contribution >= 4 is 0 Å². The number of benzene rings is 2. The zero-order valence-electron chi connectivity index (χ0n) is 10.7. The lowest BCUT2D eigenvalue weighted by Gasteiger charge is -2.14. The van der Waals surface area contributed by atoms with E-state index >= 15 is 0 Å². The van der Waals surface area contributed by atoms with Crippen molar-refractivity contribution in [1.29, 1.82) is 0 Å². The Labute approximate surface area is 117 Å². The fourth-order valence-corrected chi connectivity index (χ4v) is 2.01. The van der Waals surface area contributed by atoms with E-state index in [0.29, 0.717) is 0 Å². The van der Waals surface area contributed by atoms with E-state index in [2.05, 4.69) is 0 Å². The third-order valence-electron chi connectivity index (χ3n) is 3.13. The fourth-order valence-electron chi connectivity index (χ4n) is 2.01. The molecule has 1 unspecified atom stereocenters. The van der Waals surface area contributed by atoms with Crippen molar-refractivity contribution in [2.24, 2.45) is 0 Å². The molecule has 2 aromatic rings. The van der Waals surface area contributed by atoms with Crippen LogP contribution < -0.4 is 0 Å². The summed E-state index contributed by atoms with van der Waals surface area (Å²) in [5.41, 5.74) is -0.414. The van der Waals surface area contributed by atoms with Crippen LogP contribution >= 0.6 is 0 Å². The molecule has 112 valence electrons. The van der Waals surface area contributed by atoms with Crippen molar-refractivity contribution in [1.82, 2.24) is 0 Å². The molecule has 0 radical (unpaired) electrons. The second-order valence-corrected chi connectivity index (χ2v) is 4.52. The number of aliphatic hydroxyl groups is 1. The highest BCUT2D eigenvalue weighted by Crippen LogP contribution is 2.29. The van der Waals surface area contributed by atoms with Crippen LogP contribution in [0.25, 0.3) is 0 Å². The van der Waals surface area contributed by atoms with Gasteiger partial charge in [0.05, 0.1) is 11.7 Å². The molecule has 0 saturated heterocycles. The molecule has 2 aromatic carbocycles. The Morgan fingerprint density at radius 2 is 1.24 bits per heavy atom. The fraction of sp³-hybridized carbons (Fsp3) is 0.200. The summed E-state index contributed by atoms with van der Waals surface area (Å²) in [6.45, 7) is 0. The molecule has 0 spiro atoms. The lowest BCUT2D eigenvalue weighted by atomic mass is 10.00. The normalized spacial score (nSPS) is 12.5. The van der Waals surface area contributed by atoms with Gasteiger partial charge in [0.25, 0.3) is 0 Å². The Hall–Kier alpha value is -1.95. The number of rotatable bonds is 4. The highest BCUT2D eigenvalue weighted by atomic mass is 19.2. The van der Waals surface area contributed by atoms with Gasteiger partial charge in [0.15, 0.2) is 23.3 Å². The van der Waals surface area contributed by atoms with Crippen LogP contribution in [0.15, 0.2) is 30.3 Å². The zero-order chi connectivity index (χ0) is 15.6. The molecule has 0 bridgehead atoms. The van der Waals surface area contributed by atoms with Gasteiger partial charge in [0, 0.05) is 0 Å². The minimum atomic E-state index is -2.23. The van der Waals surface area contributed by atoms with Crippen LogP contribution in [0.4, 0.5) is 22.0 Å². The van der Waals surface area contributed by atoms with Gasteiger partial charge >= 0.3 is 0 Å². The Balaban J connectivity index is 2.25. The molecule has 1 nitrogen and oxygen atoms in total. The SMILES string of the molecule is OC(CCc1ccccc1)c1c(F)c(F)c(F)c(F)c1F. The van der Waals surface area contributed by atoms with Crippen molar-refractivity contribution in [3.8, 4) is 0 Å². The predicted octanol–water partition coefficient (Wildman–Crippen LogP) is 4.05. The molecule has 6 heteroatoms. The molecule has 0 amide bonds. The van der Waals surface area contributed by atoms with Crippen molar-refractivity contribution in [3.05, 3.63) is 70.5 Å². The van der Waals surface area contributed by atoms with Crippen LogP contribution in [-0.2, 0) is 6.42 Å². The molecule has 0 heterocycles. The standard InChI is InChI=1S/C15H11F5O/c16-11-10(12(17)14(19)15(20)13(11)18)9(21)7-6-8-4-2-1-3-5-8/h1-5,9,21H,6-7H2. The Kier molecular flexibility index (Phi) is 4.57. The van der Waals surface area contributed by atoms with Crippen LogP contribution in [0.2, 0.25) is 0 Å². The highest BCUT2D eigenvalue weighted by Gasteiger charge is 2.29. The van der Waals surface area contributed by atoms with Gasteiger partial charge in [-0.05, 0) is 18.4 Å². The van der Waals surface area contributed by atoms with E-state index in [1.807, 2.05) is 0 Å². The van der Waals surface area contributed by atoms with Crippen LogP contribution in [0.5, 0.6) is 0 Å². The molecule has 0 aliphatic carbocycles. The second-order valence-electron chi connectivity index (χ2n) is 4.52. The first-order valence-electron chi connectivity index (χ1n) is 6.16. The number of aryl methyl sites for hydroxylation is 1. The molecular formula is C15H11F5O. The summed E-state index contributed by atoms with van der Waals surface area (Å²) in [7, 11) is 0. The quantitative estimate of drug-likeness (QED) is 0.513. The van der Waals surface area contributed by atoms with Gasteiger partial charge in [-0.1, -0.05) is 30.3 Å². The Bertz CT molecular complexity index is 613. The zero-order valence-corrected chi connectivity index (χ0v) is 10.7. The maximum Gasteiger partial charge on any atom is 0.200 e. The largest absolute Gasteiger partial charge is 0.388 e. The van der Waals surface area contributed by atoms with Gasteiger partial charge in [-0.2, -0.15) is 0 Å². The Morgan fingerprint density at radius 1 is 0.762 bits per heavy atom. The van der Waals surface area contributed by atoms with Gasteiger partial charge in [-0.3, -0.25) is 0 Å². The van der Waals surface area contributed by atoms with Gasteiger partial charge in [0.2, 0.25) is 5.82 Å². The summed E-state index contributed by atoms with van der Waals surface area (Å²) in [6.07, 6.45) is -1.71. The van der Waals surface area contributed by atoms with Gasteiger partial charge in [-0.25, -0.2) is 22.0 Å². The highest BCUT2D eigenvalue weighted by molar-refractivity contribution is 5.26. The topological polar surface area (TPSA) is 20.2 Å². The minimum Gasteiger partial charge on any atom is -0.388 e. The van der Waals surface area contributed by atoms with E-state index < -0.39 is 40.8 Å². The van der Waals surface area contributed by atoms with Crippen molar-refractivity contribution in [2.45, 2.75) is 18.9 Å². The van der Waals surface area contributed by atoms with Crippen molar-refractivity contribution < 1.29 is 27.1 Å². The van der Waals surface area contributed by atoms with Crippen molar-refractivity contribution in [2.75, 3.05) is 0 Å². The maximum absolute atomic E-state index is 13.5. The molecule has 2 rings (SSSR count). The summed E-state index contributed by atoms with van der Waals surface area (Å²) in [5.74, 6) is -10.3. The molecule has 0 aliphatic rings. The average molecular weight is 302 g/mol. The molecule has 0 saturated carbocycles. The van der Waals surface area contributed by atoms with Crippen LogP contribution in [0.3, 0.4) is 0 Å². The minimum absolute atomic E-state index is 0.164. The van der Waals surface area contributed by atoms with Gasteiger partial charge < -0.3 is 5.11 Å². The second kappa shape index (κ2) is 6.22. The third-order valence-corrected chi connectivity index (χ3v) is 3.13. The third kappa shape index (κ3) is 3.05. The van der Waals surface area contributed by atoms with E-state index in [1.54, 1.807) is 30.3 Å². The van der Waals surface area contributed by atoms with Crippen LogP contribution in [-0.4, -0.2) is 5.11 Å². The van der Waals surface area contributed by atoms with Crippen LogP contribution in [0, 0.1) is 29.1 Å². The summed E-state index contributed by atoms with van der Waals surface area (Å²) in [5, 5.41) is 9.75. The molecule has 0 aliphatic heterocycles. The number of hydrogen-bond donors (Lipinski definition) is 1. The molecule has 21 heavy (non-hydrogen) atoms. The summed E-state index contributed by atoms with van der Waals surface area (Å²) >= 11 is 0. The first-order chi connectivity index (χ1) is 9.93. The maximum atomic E-state index is 13.5. The first-order valence-corrected chi connectivity index (χ1v) is 6.16. The van der Waals surface area contributed by atoms with E-state index in [1.165, 1.54) is 0 Å². The lowest BCUT2D eigenvalue weighted by molar-refractivity contribution is 0.154. The molecule has 1 N–H and O–H groups in total. The average Bonchev–Trinajstić information content (AvgIpc) is 2.50. The summed E-state index contributed by atoms with van der Waals surface area (Å²) in [6, 6.07) is 8.70. The summed E-state index contributed by atoms with van der Waals surface area (Å²) in [4.78, 5) is 0. The smallest absolute Gasteiger partial charge is 0.200 e. The molecule has 1 atom stereocenters. The first kappa shape index (κ1) is 15.4. The number of hydrogen-bond acceptors (Lipinski definition) is 1. The lowest BCUT2D eigenvalue weighted by Crippen LogP contribution is -2.12.